The smallest absolute Gasteiger partial charge is 0.227 e. The Morgan fingerprint density at radius 1 is 1.35 bits per heavy atom. The molecule has 1 saturated heterocycles. The van der Waals surface area contributed by atoms with Gasteiger partial charge in [-0.25, -0.2) is 4.39 Å². The van der Waals surface area contributed by atoms with E-state index in [1.54, 1.807) is 12.1 Å². The number of likely N-dealkylation sites (tertiary alicyclic amines) is 1. The molecule has 0 radical (unpaired) electrons. The fourth-order valence-corrected chi connectivity index (χ4v) is 2.88. The highest BCUT2D eigenvalue weighted by molar-refractivity contribution is 5.81. The number of rotatable bonds is 4. The third kappa shape index (κ3) is 4.75. The molecule has 1 fully saturated rings. The van der Waals surface area contributed by atoms with Crippen molar-refractivity contribution >= 4 is 5.91 Å². The number of hydrogen-bond acceptors (Lipinski definition) is 3. The van der Waals surface area contributed by atoms with Crippen LogP contribution in [0.15, 0.2) is 18.2 Å². The summed E-state index contributed by atoms with van der Waals surface area (Å²) in [5.41, 5.74) is 0.966. The zero-order valence-electron chi connectivity index (χ0n) is 14.2. The molecule has 0 aromatic heterocycles. The Hall–Kier alpha value is -1.46. The number of piperidine rings is 1. The van der Waals surface area contributed by atoms with E-state index in [1.807, 2.05) is 25.7 Å². The Morgan fingerprint density at radius 3 is 2.57 bits per heavy atom. The minimum atomic E-state index is -0.370. The molecule has 4 nitrogen and oxygen atoms in total. The van der Waals surface area contributed by atoms with Gasteiger partial charge in [0.1, 0.15) is 5.82 Å². The van der Waals surface area contributed by atoms with Crippen molar-refractivity contribution in [1.82, 2.24) is 10.2 Å². The molecule has 0 saturated carbocycles. The molecule has 0 spiro atoms. The van der Waals surface area contributed by atoms with Gasteiger partial charge in [0, 0.05) is 36.7 Å². The highest BCUT2D eigenvalue weighted by Crippen LogP contribution is 2.21. The van der Waals surface area contributed by atoms with Gasteiger partial charge in [-0.1, -0.05) is 26.8 Å². The first-order valence-electron chi connectivity index (χ1n) is 8.22. The van der Waals surface area contributed by atoms with Crippen molar-refractivity contribution in [2.24, 2.45) is 5.41 Å². The molecule has 2 N–H and O–H groups in total. The normalized spacial score (nSPS) is 16.7. The Labute approximate surface area is 137 Å². The summed E-state index contributed by atoms with van der Waals surface area (Å²) < 4.78 is 13.4. The second kappa shape index (κ2) is 7.41. The van der Waals surface area contributed by atoms with Crippen LogP contribution in [0.4, 0.5) is 4.39 Å². The molecule has 1 amide bonds. The molecule has 0 bridgehead atoms. The summed E-state index contributed by atoms with van der Waals surface area (Å²) >= 11 is 0. The summed E-state index contributed by atoms with van der Waals surface area (Å²) in [5.74, 6) is -0.160. The maximum atomic E-state index is 13.4. The van der Waals surface area contributed by atoms with Crippen LogP contribution >= 0.6 is 0 Å². The number of amides is 1. The fourth-order valence-electron chi connectivity index (χ4n) is 2.88. The second-order valence-electron chi connectivity index (χ2n) is 7.28. The maximum absolute atomic E-state index is 13.4. The summed E-state index contributed by atoms with van der Waals surface area (Å²) in [6.45, 7) is 7.77. The van der Waals surface area contributed by atoms with Crippen LogP contribution < -0.4 is 5.32 Å². The first-order chi connectivity index (χ1) is 10.8. The van der Waals surface area contributed by atoms with E-state index in [0.717, 1.165) is 31.5 Å². The van der Waals surface area contributed by atoms with Crippen LogP contribution in [0, 0.1) is 11.2 Å². The van der Waals surface area contributed by atoms with Crippen molar-refractivity contribution < 1.29 is 14.3 Å². The van der Waals surface area contributed by atoms with Crippen molar-refractivity contribution in [2.45, 2.75) is 52.8 Å². The second-order valence-corrected chi connectivity index (χ2v) is 7.28. The summed E-state index contributed by atoms with van der Waals surface area (Å²) in [6, 6.07) is 5.19. The summed E-state index contributed by atoms with van der Waals surface area (Å²) in [5, 5.41) is 12.6. The van der Waals surface area contributed by atoms with Gasteiger partial charge in [0.25, 0.3) is 0 Å². The van der Waals surface area contributed by atoms with Gasteiger partial charge in [-0.3, -0.25) is 4.79 Å². The van der Waals surface area contributed by atoms with Crippen molar-refractivity contribution in [3.63, 3.8) is 0 Å². The summed E-state index contributed by atoms with van der Waals surface area (Å²) in [7, 11) is 0. The third-order valence-electron chi connectivity index (χ3n) is 4.30. The monoisotopic (exact) mass is 322 g/mol. The topological polar surface area (TPSA) is 52.6 Å². The lowest BCUT2D eigenvalue weighted by Gasteiger charge is -2.36. The number of halogens is 1. The molecule has 0 atom stereocenters. The summed E-state index contributed by atoms with van der Waals surface area (Å²) in [6.07, 6.45) is 1.85. The largest absolute Gasteiger partial charge is 0.392 e. The molecular formula is C18H27FN2O2. The third-order valence-corrected chi connectivity index (χ3v) is 4.30. The number of hydrogen-bond donors (Lipinski definition) is 2. The Bertz CT molecular complexity index is 546. The molecular weight excluding hydrogens is 295 g/mol. The summed E-state index contributed by atoms with van der Waals surface area (Å²) in [4.78, 5) is 14.2. The van der Waals surface area contributed by atoms with Gasteiger partial charge in [0.15, 0.2) is 0 Å². The van der Waals surface area contributed by atoms with Crippen LogP contribution in [-0.4, -0.2) is 35.0 Å². The number of nitrogens with one attached hydrogen (secondary N) is 1. The van der Waals surface area contributed by atoms with Crippen molar-refractivity contribution in [1.29, 1.82) is 0 Å². The molecule has 128 valence electrons. The first kappa shape index (κ1) is 17.9. The highest BCUT2D eigenvalue weighted by Gasteiger charge is 2.30. The average molecular weight is 322 g/mol. The van der Waals surface area contributed by atoms with E-state index in [-0.39, 0.29) is 23.7 Å². The minimum Gasteiger partial charge on any atom is -0.392 e. The first-order valence-corrected chi connectivity index (χ1v) is 8.22. The van der Waals surface area contributed by atoms with E-state index < -0.39 is 0 Å². The van der Waals surface area contributed by atoms with Crippen molar-refractivity contribution in [3.8, 4) is 0 Å². The Morgan fingerprint density at radius 2 is 2.00 bits per heavy atom. The van der Waals surface area contributed by atoms with Gasteiger partial charge in [-0.05, 0) is 30.5 Å². The number of benzene rings is 1. The molecule has 1 aliphatic heterocycles. The van der Waals surface area contributed by atoms with Crippen LogP contribution in [0.3, 0.4) is 0 Å². The van der Waals surface area contributed by atoms with Gasteiger partial charge in [-0.15, -0.1) is 0 Å². The van der Waals surface area contributed by atoms with Crippen LogP contribution in [0.1, 0.15) is 44.7 Å². The van der Waals surface area contributed by atoms with Crippen molar-refractivity contribution in [2.75, 3.05) is 13.1 Å². The maximum Gasteiger partial charge on any atom is 0.227 e. The van der Waals surface area contributed by atoms with Gasteiger partial charge >= 0.3 is 0 Å². The molecule has 2 rings (SSSR count). The lowest BCUT2D eigenvalue weighted by Crippen LogP contribution is -2.48. The number of aliphatic hydroxyl groups excluding tert-OH is 1. The lowest BCUT2D eigenvalue weighted by atomic mass is 9.93. The van der Waals surface area contributed by atoms with Gasteiger partial charge < -0.3 is 15.3 Å². The van der Waals surface area contributed by atoms with E-state index in [1.165, 1.54) is 6.07 Å². The molecule has 23 heavy (non-hydrogen) atoms. The van der Waals surface area contributed by atoms with Gasteiger partial charge in [0.05, 0.1) is 6.61 Å². The molecule has 1 heterocycles. The SMILES string of the molecule is CC(C)(C)C(=O)N1CCC(NCc2ccc(F)c(CO)c2)CC1. The number of nitrogens with zero attached hydrogens (tertiary/aromatic N) is 1. The molecule has 1 aliphatic rings. The quantitative estimate of drug-likeness (QED) is 0.895. The Kier molecular flexibility index (Phi) is 5.76. The van der Waals surface area contributed by atoms with Crippen LogP contribution in [0.5, 0.6) is 0 Å². The average Bonchev–Trinajstić information content (AvgIpc) is 2.53. The predicted octanol–water partition coefficient (Wildman–Crippen LogP) is 2.44. The molecule has 1 aromatic carbocycles. The van der Waals surface area contributed by atoms with Crippen LogP contribution in [0.2, 0.25) is 0 Å². The Balaban J connectivity index is 1.82. The van der Waals surface area contributed by atoms with Gasteiger partial charge in [0.2, 0.25) is 5.91 Å². The standard InChI is InChI=1S/C18H27FN2O2/c1-18(2,3)17(23)21-8-6-15(7-9-21)20-11-13-4-5-16(19)14(10-13)12-22/h4-5,10,15,20,22H,6-9,11-12H2,1-3H3. The lowest BCUT2D eigenvalue weighted by molar-refractivity contribution is -0.140. The molecule has 1 aromatic rings. The number of carbonyl (C=O) groups excluding carboxylic acids is 1. The van der Waals surface area contributed by atoms with Crippen LogP contribution in [0.25, 0.3) is 0 Å². The minimum absolute atomic E-state index is 0.210. The van der Waals surface area contributed by atoms with E-state index in [9.17, 15) is 9.18 Å². The molecule has 5 heteroatoms. The van der Waals surface area contributed by atoms with E-state index in [0.29, 0.717) is 18.2 Å². The fraction of sp³-hybridized carbons (Fsp3) is 0.611. The number of aliphatic hydroxyl groups is 1. The molecule has 0 aliphatic carbocycles. The van der Waals surface area contributed by atoms with E-state index >= 15 is 0 Å². The zero-order valence-corrected chi connectivity index (χ0v) is 14.2. The molecule has 0 unspecified atom stereocenters. The highest BCUT2D eigenvalue weighted by atomic mass is 19.1. The number of carbonyl (C=O) groups is 1. The predicted molar refractivity (Wildman–Crippen MR) is 88.2 cm³/mol. The van der Waals surface area contributed by atoms with E-state index in [4.69, 9.17) is 5.11 Å². The van der Waals surface area contributed by atoms with E-state index in [2.05, 4.69) is 5.32 Å². The van der Waals surface area contributed by atoms with Crippen LogP contribution in [-0.2, 0) is 17.9 Å². The zero-order chi connectivity index (χ0) is 17.0. The van der Waals surface area contributed by atoms with Gasteiger partial charge in [-0.2, -0.15) is 0 Å². The van der Waals surface area contributed by atoms with Crippen molar-refractivity contribution in [3.05, 3.63) is 35.1 Å².